The van der Waals surface area contributed by atoms with Crippen LogP contribution in [0.5, 0.6) is 0 Å². The zero-order chi connectivity index (χ0) is 13.8. The first-order valence-corrected chi connectivity index (χ1v) is 6.83. The molecule has 1 heterocycles. The van der Waals surface area contributed by atoms with Crippen molar-refractivity contribution < 1.29 is 9.53 Å². The molecule has 0 saturated carbocycles. The molecule has 0 aromatic heterocycles. The maximum absolute atomic E-state index is 12.2. The van der Waals surface area contributed by atoms with Gasteiger partial charge >= 0.3 is 0 Å². The number of morpholine rings is 1. The van der Waals surface area contributed by atoms with Crippen LogP contribution in [0.4, 0.5) is 5.69 Å². The summed E-state index contributed by atoms with van der Waals surface area (Å²) in [5, 5.41) is 0. The van der Waals surface area contributed by atoms with Crippen LogP contribution in [-0.2, 0) is 16.0 Å². The predicted molar refractivity (Wildman–Crippen MR) is 75.8 cm³/mol. The molecule has 0 unspecified atom stereocenters. The number of ether oxygens (including phenoxy) is 1. The Hall–Kier alpha value is -1.55. The number of hydrogen-bond acceptors (Lipinski definition) is 3. The summed E-state index contributed by atoms with van der Waals surface area (Å²) >= 11 is 0. The molecule has 4 nitrogen and oxygen atoms in total. The van der Waals surface area contributed by atoms with Gasteiger partial charge in [0.05, 0.1) is 12.2 Å². The van der Waals surface area contributed by atoms with E-state index in [9.17, 15) is 4.79 Å². The van der Waals surface area contributed by atoms with Gasteiger partial charge < -0.3 is 15.4 Å². The monoisotopic (exact) mass is 262 g/mol. The molecular formula is C15H22N2O2. The molecule has 1 aliphatic heterocycles. The average molecular weight is 262 g/mol. The summed E-state index contributed by atoms with van der Waals surface area (Å²) in [6.45, 7) is 5.39. The van der Waals surface area contributed by atoms with Crippen molar-refractivity contribution in [2.75, 3.05) is 18.8 Å². The van der Waals surface area contributed by atoms with Crippen molar-refractivity contribution in [3.05, 3.63) is 29.8 Å². The molecule has 1 amide bonds. The Bertz CT molecular complexity index is 438. The second-order valence-electron chi connectivity index (χ2n) is 5.25. The lowest BCUT2D eigenvalue weighted by Crippen LogP contribution is -2.48. The first kappa shape index (κ1) is 13.9. The Morgan fingerprint density at radius 2 is 1.95 bits per heavy atom. The van der Waals surface area contributed by atoms with Crippen molar-refractivity contribution in [1.82, 2.24) is 4.90 Å². The summed E-state index contributed by atoms with van der Waals surface area (Å²) < 4.78 is 5.63. The maximum Gasteiger partial charge on any atom is 0.223 e. The lowest BCUT2D eigenvalue weighted by molar-refractivity contribution is -0.143. The van der Waals surface area contributed by atoms with Crippen LogP contribution < -0.4 is 5.73 Å². The summed E-state index contributed by atoms with van der Waals surface area (Å²) in [6, 6.07) is 7.72. The number of nitrogens with two attached hydrogens (primary N) is 1. The Morgan fingerprint density at radius 1 is 1.32 bits per heavy atom. The van der Waals surface area contributed by atoms with E-state index in [1.807, 2.05) is 43.0 Å². The summed E-state index contributed by atoms with van der Waals surface area (Å²) in [5.41, 5.74) is 7.69. The fourth-order valence-electron chi connectivity index (χ4n) is 2.54. The van der Waals surface area contributed by atoms with E-state index in [1.54, 1.807) is 0 Å². The van der Waals surface area contributed by atoms with Gasteiger partial charge in [0.2, 0.25) is 5.91 Å². The minimum absolute atomic E-state index is 0.120. The minimum Gasteiger partial charge on any atom is -0.399 e. The highest BCUT2D eigenvalue weighted by Gasteiger charge is 2.25. The highest BCUT2D eigenvalue weighted by molar-refractivity contribution is 5.76. The molecule has 4 heteroatoms. The van der Waals surface area contributed by atoms with E-state index < -0.39 is 0 Å². The van der Waals surface area contributed by atoms with E-state index in [-0.39, 0.29) is 18.1 Å². The normalized spacial score (nSPS) is 23.4. The number of carbonyl (C=O) groups excluding carboxylic acids is 1. The average Bonchev–Trinajstić information content (AvgIpc) is 2.36. The van der Waals surface area contributed by atoms with Crippen LogP contribution in [0.3, 0.4) is 0 Å². The molecule has 2 atom stereocenters. The predicted octanol–water partition coefficient (Wildman–Crippen LogP) is 1.84. The Morgan fingerprint density at radius 3 is 2.58 bits per heavy atom. The lowest BCUT2D eigenvalue weighted by atomic mass is 10.1. The summed E-state index contributed by atoms with van der Waals surface area (Å²) in [7, 11) is 0. The molecule has 0 bridgehead atoms. The number of nitrogens with zero attached hydrogens (tertiary/aromatic N) is 1. The van der Waals surface area contributed by atoms with Gasteiger partial charge in [0, 0.05) is 25.2 Å². The number of aryl methyl sites for hydroxylation is 1. The molecule has 19 heavy (non-hydrogen) atoms. The van der Waals surface area contributed by atoms with Gasteiger partial charge in [-0.3, -0.25) is 4.79 Å². The third-order valence-corrected chi connectivity index (χ3v) is 3.44. The van der Waals surface area contributed by atoms with Gasteiger partial charge in [0.25, 0.3) is 0 Å². The zero-order valence-corrected chi connectivity index (χ0v) is 11.6. The van der Waals surface area contributed by atoms with Crippen molar-refractivity contribution in [2.24, 2.45) is 0 Å². The molecule has 0 radical (unpaired) electrons. The van der Waals surface area contributed by atoms with Crippen molar-refractivity contribution in [3.63, 3.8) is 0 Å². The number of hydrogen-bond donors (Lipinski definition) is 1. The summed E-state index contributed by atoms with van der Waals surface area (Å²) in [5.74, 6) is 0.185. The van der Waals surface area contributed by atoms with Crippen molar-refractivity contribution in [1.29, 1.82) is 0 Å². The van der Waals surface area contributed by atoms with Gasteiger partial charge in [-0.15, -0.1) is 0 Å². The van der Waals surface area contributed by atoms with Gasteiger partial charge in [-0.1, -0.05) is 18.2 Å². The lowest BCUT2D eigenvalue weighted by Gasteiger charge is -2.35. The standard InChI is InChI=1S/C15H22N2O2/c1-11-9-17(10-12(2)19-11)15(18)8-7-13-5-3-4-6-14(13)16/h3-6,11-12H,7-10,16H2,1-2H3/t11-,12+. The molecule has 2 rings (SSSR count). The molecule has 1 aliphatic rings. The van der Waals surface area contributed by atoms with Crippen molar-refractivity contribution in [2.45, 2.75) is 38.9 Å². The number of anilines is 1. The van der Waals surface area contributed by atoms with Gasteiger partial charge in [-0.25, -0.2) is 0 Å². The van der Waals surface area contributed by atoms with E-state index in [0.717, 1.165) is 11.3 Å². The van der Waals surface area contributed by atoms with E-state index in [1.165, 1.54) is 0 Å². The molecule has 0 aliphatic carbocycles. The molecular weight excluding hydrogens is 240 g/mol. The number of rotatable bonds is 3. The van der Waals surface area contributed by atoms with Crippen LogP contribution in [0.25, 0.3) is 0 Å². The molecule has 104 valence electrons. The molecule has 1 fully saturated rings. The summed E-state index contributed by atoms with van der Waals surface area (Å²) in [4.78, 5) is 14.1. The van der Waals surface area contributed by atoms with E-state index in [0.29, 0.717) is 25.9 Å². The van der Waals surface area contributed by atoms with Gasteiger partial charge in [0.15, 0.2) is 0 Å². The Labute approximate surface area is 114 Å². The van der Waals surface area contributed by atoms with Crippen LogP contribution in [-0.4, -0.2) is 36.1 Å². The minimum atomic E-state index is 0.120. The topological polar surface area (TPSA) is 55.6 Å². The smallest absolute Gasteiger partial charge is 0.223 e. The third kappa shape index (κ3) is 3.70. The van der Waals surface area contributed by atoms with Gasteiger partial charge in [-0.05, 0) is 31.9 Å². The highest BCUT2D eigenvalue weighted by Crippen LogP contribution is 2.16. The number of nitrogen functional groups attached to an aromatic ring is 1. The fourth-order valence-corrected chi connectivity index (χ4v) is 2.54. The second kappa shape index (κ2) is 6.06. The quantitative estimate of drug-likeness (QED) is 0.846. The number of carbonyl (C=O) groups is 1. The second-order valence-corrected chi connectivity index (χ2v) is 5.25. The van der Waals surface area contributed by atoms with Crippen molar-refractivity contribution in [3.8, 4) is 0 Å². The Balaban J connectivity index is 1.89. The first-order chi connectivity index (χ1) is 9.06. The van der Waals surface area contributed by atoms with E-state index >= 15 is 0 Å². The highest BCUT2D eigenvalue weighted by atomic mass is 16.5. The molecule has 2 N–H and O–H groups in total. The molecule has 0 spiro atoms. The molecule has 1 aromatic rings. The first-order valence-electron chi connectivity index (χ1n) is 6.83. The van der Waals surface area contributed by atoms with Crippen LogP contribution in [0.1, 0.15) is 25.8 Å². The third-order valence-electron chi connectivity index (χ3n) is 3.44. The number of para-hydroxylation sites is 1. The van der Waals surface area contributed by atoms with E-state index in [4.69, 9.17) is 10.5 Å². The number of benzene rings is 1. The van der Waals surface area contributed by atoms with Crippen LogP contribution in [0, 0.1) is 0 Å². The van der Waals surface area contributed by atoms with E-state index in [2.05, 4.69) is 0 Å². The zero-order valence-electron chi connectivity index (χ0n) is 11.6. The number of amides is 1. The largest absolute Gasteiger partial charge is 0.399 e. The van der Waals surface area contributed by atoms with Crippen LogP contribution >= 0.6 is 0 Å². The maximum atomic E-state index is 12.2. The molecule has 1 aromatic carbocycles. The van der Waals surface area contributed by atoms with Gasteiger partial charge in [-0.2, -0.15) is 0 Å². The molecule has 1 saturated heterocycles. The van der Waals surface area contributed by atoms with Crippen LogP contribution in [0.15, 0.2) is 24.3 Å². The van der Waals surface area contributed by atoms with Crippen LogP contribution in [0.2, 0.25) is 0 Å². The van der Waals surface area contributed by atoms with Crippen molar-refractivity contribution >= 4 is 11.6 Å². The summed E-state index contributed by atoms with van der Waals surface area (Å²) in [6.07, 6.45) is 1.45. The van der Waals surface area contributed by atoms with Gasteiger partial charge in [0.1, 0.15) is 0 Å². The Kier molecular flexibility index (Phi) is 4.43. The fraction of sp³-hybridized carbons (Fsp3) is 0.533. The SMILES string of the molecule is C[C@@H]1CN(C(=O)CCc2ccccc2N)C[C@H](C)O1.